The van der Waals surface area contributed by atoms with Crippen molar-refractivity contribution in [2.45, 2.75) is 25.9 Å². The number of para-hydroxylation sites is 1. The molecule has 1 rings (SSSR count). The molecule has 0 saturated carbocycles. The first-order valence-electron chi connectivity index (χ1n) is 5.79. The molecule has 0 saturated heterocycles. The lowest BCUT2D eigenvalue weighted by molar-refractivity contribution is 0.275. The molecule has 2 N–H and O–H groups in total. The van der Waals surface area contributed by atoms with Crippen LogP contribution >= 0.6 is 0 Å². The maximum absolute atomic E-state index is 9.59. The quantitative estimate of drug-likeness (QED) is 0.770. The normalized spacial score (nSPS) is 13.0. The molecule has 1 aromatic carbocycles. The number of phenolic OH excluding ortho intramolecular Hbond substituents is 1. The Balaban J connectivity index is 2.38. The molecule has 0 aromatic heterocycles. The monoisotopic (exact) mass is 222 g/mol. The SMILES string of the molecule is CCC(CNCc1ccccc1O)N(C)C. The van der Waals surface area contributed by atoms with Gasteiger partial charge in [0.15, 0.2) is 0 Å². The molecule has 16 heavy (non-hydrogen) atoms. The first-order valence-corrected chi connectivity index (χ1v) is 5.79. The lowest BCUT2D eigenvalue weighted by Gasteiger charge is -2.23. The fourth-order valence-corrected chi connectivity index (χ4v) is 1.73. The van der Waals surface area contributed by atoms with Crippen molar-refractivity contribution in [2.24, 2.45) is 0 Å². The van der Waals surface area contributed by atoms with Crippen LogP contribution in [0.15, 0.2) is 24.3 Å². The highest BCUT2D eigenvalue weighted by molar-refractivity contribution is 5.31. The maximum atomic E-state index is 9.59. The number of aromatic hydroxyl groups is 1. The van der Waals surface area contributed by atoms with Crippen LogP contribution in [0.25, 0.3) is 0 Å². The predicted octanol–water partition coefficient (Wildman–Crippen LogP) is 1.82. The Kier molecular flexibility index (Phi) is 5.29. The van der Waals surface area contributed by atoms with E-state index in [0.29, 0.717) is 11.8 Å². The van der Waals surface area contributed by atoms with E-state index in [1.165, 1.54) is 0 Å². The molecule has 0 amide bonds. The van der Waals surface area contributed by atoms with Crippen molar-refractivity contribution >= 4 is 0 Å². The summed E-state index contributed by atoms with van der Waals surface area (Å²) in [5.41, 5.74) is 0.955. The minimum Gasteiger partial charge on any atom is -0.508 e. The Labute approximate surface area is 98.1 Å². The second-order valence-electron chi connectivity index (χ2n) is 4.29. The smallest absolute Gasteiger partial charge is 0.120 e. The zero-order chi connectivity index (χ0) is 12.0. The van der Waals surface area contributed by atoms with Crippen LogP contribution in [0.2, 0.25) is 0 Å². The Hall–Kier alpha value is -1.06. The second kappa shape index (κ2) is 6.51. The third-order valence-corrected chi connectivity index (χ3v) is 2.89. The number of hydrogen-bond donors (Lipinski definition) is 2. The van der Waals surface area contributed by atoms with Gasteiger partial charge >= 0.3 is 0 Å². The fourth-order valence-electron chi connectivity index (χ4n) is 1.73. The average molecular weight is 222 g/mol. The number of nitrogens with one attached hydrogen (secondary N) is 1. The Bertz CT molecular complexity index is 313. The summed E-state index contributed by atoms with van der Waals surface area (Å²) >= 11 is 0. The molecule has 0 spiro atoms. The summed E-state index contributed by atoms with van der Waals surface area (Å²) < 4.78 is 0. The number of nitrogens with zero attached hydrogens (tertiary/aromatic N) is 1. The molecule has 0 radical (unpaired) electrons. The Morgan fingerprint density at radius 2 is 2.00 bits per heavy atom. The van der Waals surface area contributed by atoms with Gasteiger partial charge in [0.2, 0.25) is 0 Å². The summed E-state index contributed by atoms with van der Waals surface area (Å²) in [6.45, 7) is 3.85. The van der Waals surface area contributed by atoms with E-state index >= 15 is 0 Å². The van der Waals surface area contributed by atoms with Gasteiger partial charge in [-0.2, -0.15) is 0 Å². The second-order valence-corrected chi connectivity index (χ2v) is 4.29. The van der Waals surface area contributed by atoms with Crippen molar-refractivity contribution < 1.29 is 5.11 Å². The molecule has 3 nitrogen and oxygen atoms in total. The van der Waals surface area contributed by atoms with Crippen LogP contribution in [0, 0.1) is 0 Å². The lowest BCUT2D eigenvalue weighted by Crippen LogP contribution is -2.37. The van der Waals surface area contributed by atoms with Crippen LogP contribution in [-0.4, -0.2) is 36.7 Å². The molecular weight excluding hydrogens is 200 g/mol. The minimum absolute atomic E-state index is 0.368. The summed E-state index contributed by atoms with van der Waals surface area (Å²) in [6, 6.07) is 8.00. The van der Waals surface area contributed by atoms with Crippen LogP contribution in [0.1, 0.15) is 18.9 Å². The van der Waals surface area contributed by atoms with Crippen molar-refractivity contribution in [3.05, 3.63) is 29.8 Å². The van der Waals surface area contributed by atoms with Gasteiger partial charge in [0.05, 0.1) is 0 Å². The topological polar surface area (TPSA) is 35.5 Å². The highest BCUT2D eigenvalue weighted by Crippen LogP contribution is 2.14. The summed E-state index contributed by atoms with van der Waals surface area (Å²) in [5.74, 6) is 0.368. The minimum atomic E-state index is 0.368. The fraction of sp³-hybridized carbons (Fsp3) is 0.538. The zero-order valence-electron chi connectivity index (χ0n) is 10.4. The molecule has 90 valence electrons. The summed E-state index contributed by atoms with van der Waals surface area (Å²) in [6.07, 6.45) is 1.13. The van der Waals surface area contributed by atoms with Gasteiger partial charge < -0.3 is 15.3 Å². The van der Waals surface area contributed by atoms with Gasteiger partial charge in [-0.25, -0.2) is 0 Å². The van der Waals surface area contributed by atoms with E-state index in [1.807, 2.05) is 18.2 Å². The van der Waals surface area contributed by atoms with E-state index in [1.54, 1.807) is 6.07 Å². The number of rotatable bonds is 6. The molecule has 1 atom stereocenters. The van der Waals surface area contributed by atoms with Gasteiger partial charge in [-0.3, -0.25) is 0 Å². The number of phenols is 1. The highest BCUT2D eigenvalue weighted by atomic mass is 16.3. The maximum Gasteiger partial charge on any atom is 0.120 e. The zero-order valence-corrected chi connectivity index (χ0v) is 10.4. The van der Waals surface area contributed by atoms with Gasteiger partial charge in [0.1, 0.15) is 5.75 Å². The summed E-state index contributed by atoms with van der Waals surface area (Å²) in [4.78, 5) is 2.22. The van der Waals surface area contributed by atoms with Gasteiger partial charge in [0.25, 0.3) is 0 Å². The van der Waals surface area contributed by atoms with Crippen LogP contribution in [-0.2, 0) is 6.54 Å². The number of likely N-dealkylation sites (N-methyl/N-ethyl adjacent to an activating group) is 1. The summed E-state index contributed by atoms with van der Waals surface area (Å²) in [5, 5.41) is 13.0. The third-order valence-electron chi connectivity index (χ3n) is 2.89. The molecule has 0 heterocycles. The molecule has 0 fully saturated rings. The van der Waals surface area contributed by atoms with Gasteiger partial charge in [-0.15, -0.1) is 0 Å². The van der Waals surface area contributed by atoms with Gasteiger partial charge in [-0.1, -0.05) is 25.1 Å². The van der Waals surface area contributed by atoms with E-state index in [0.717, 1.165) is 25.1 Å². The van der Waals surface area contributed by atoms with E-state index in [-0.39, 0.29) is 0 Å². The third kappa shape index (κ3) is 3.83. The highest BCUT2D eigenvalue weighted by Gasteiger charge is 2.08. The first-order chi connectivity index (χ1) is 7.65. The van der Waals surface area contributed by atoms with E-state index in [9.17, 15) is 5.11 Å². The molecule has 0 aliphatic heterocycles. The standard InChI is InChI=1S/C13H22N2O/c1-4-12(15(2)3)10-14-9-11-7-5-6-8-13(11)16/h5-8,12,14,16H,4,9-10H2,1-3H3. The van der Waals surface area contributed by atoms with Crippen molar-refractivity contribution in [1.82, 2.24) is 10.2 Å². The number of hydrogen-bond acceptors (Lipinski definition) is 3. The van der Waals surface area contributed by atoms with Gasteiger partial charge in [-0.05, 0) is 26.6 Å². The van der Waals surface area contributed by atoms with Crippen molar-refractivity contribution in [3.63, 3.8) is 0 Å². The summed E-state index contributed by atoms with van der Waals surface area (Å²) in [7, 11) is 4.19. The number of benzene rings is 1. The van der Waals surface area contributed by atoms with Crippen molar-refractivity contribution in [1.29, 1.82) is 0 Å². The lowest BCUT2D eigenvalue weighted by atomic mass is 10.2. The molecule has 1 unspecified atom stereocenters. The van der Waals surface area contributed by atoms with E-state index in [2.05, 4.69) is 31.2 Å². The van der Waals surface area contributed by atoms with Crippen LogP contribution < -0.4 is 5.32 Å². The predicted molar refractivity (Wildman–Crippen MR) is 67.6 cm³/mol. The van der Waals surface area contributed by atoms with Crippen molar-refractivity contribution in [2.75, 3.05) is 20.6 Å². The molecule has 0 aliphatic carbocycles. The van der Waals surface area contributed by atoms with Crippen molar-refractivity contribution in [3.8, 4) is 5.75 Å². The van der Waals surface area contributed by atoms with Crippen LogP contribution in [0.4, 0.5) is 0 Å². The van der Waals surface area contributed by atoms with Gasteiger partial charge in [0, 0.05) is 24.7 Å². The van der Waals surface area contributed by atoms with Crippen LogP contribution in [0.3, 0.4) is 0 Å². The molecule has 3 heteroatoms. The molecular formula is C13H22N2O. The van der Waals surface area contributed by atoms with E-state index in [4.69, 9.17) is 0 Å². The largest absolute Gasteiger partial charge is 0.508 e. The molecule has 1 aromatic rings. The molecule has 0 aliphatic rings. The average Bonchev–Trinajstić information content (AvgIpc) is 2.26. The van der Waals surface area contributed by atoms with Crippen LogP contribution in [0.5, 0.6) is 5.75 Å². The first kappa shape index (κ1) is 13.0. The Morgan fingerprint density at radius 1 is 1.31 bits per heavy atom. The van der Waals surface area contributed by atoms with E-state index < -0.39 is 0 Å². The molecule has 0 bridgehead atoms. The Morgan fingerprint density at radius 3 is 2.56 bits per heavy atom.